The van der Waals surface area contributed by atoms with Crippen molar-refractivity contribution in [1.29, 1.82) is 5.26 Å². The van der Waals surface area contributed by atoms with Crippen LogP contribution in [-0.4, -0.2) is 46.6 Å². The van der Waals surface area contributed by atoms with Gasteiger partial charge in [0.05, 0.1) is 12.5 Å². The quantitative estimate of drug-likeness (QED) is 0.705. The van der Waals surface area contributed by atoms with Gasteiger partial charge >= 0.3 is 5.97 Å². The topological polar surface area (TPSA) is 64.3 Å². The molecule has 0 aliphatic carbocycles. The number of nitrogens with zero attached hydrogens (tertiary/aromatic N) is 2. The van der Waals surface area contributed by atoms with Crippen LogP contribution in [0.2, 0.25) is 0 Å². The molecular formula is C12H20N2O2S. The summed E-state index contributed by atoms with van der Waals surface area (Å²) in [7, 11) is 0. The molecule has 1 atom stereocenters. The molecule has 5 heteroatoms. The van der Waals surface area contributed by atoms with Crippen LogP contribution in [-0.2, 0) is 4.79 Å². The number of carboxylic acids is 1. The number of carbonyl (C=O) groups is 1. The number of likely N-dealkylation sites (tertiary alicyclic amines) is 1. The fourth-order valence-corrected chi connectivity index (χ4v) is 3.30. The van der Waals surface area contributed by atoms with E-state index < -0.39 is 5.97 Å². The highest BCUT2D eigenvalue weighted by Crippen LogP contribution is 2.23. The lowest BCUT2D eigenvalue weighted by molar-refractivity contribution is -0.137. The Morgan fingerprint density at radius 3 is 3.12 bits per heavy atom. The van der Waals surface area contributed by atoms with Crippen LogP contribution in [0.1, 0.15) is 32.1 Å². The van der Waals surface area contributed by atoms with Crippen LogP contribution in [0.5, 0.6) is 0 Å². The summed E-state index contributed by atoms with van der Waals surface area (Å²) in [5.41, 5.74) is 0. The third-order valence-corrected chi connectivity index (χ3v) is 4.27. The molecule has 1 aliphatic heterocycles. The van der Waals surface area contributed by atoms with Crippen LogP contribution in [0, 0.1) is 11.3 Å². The fourth-order valence-electron chi connectivity index (χ4n) is 2.01. The van der Waals surface area contributed by atoms with Crippen molar-refractivity contribution in [3.8, 4) is 6.07 Å². The molecule has 17 heavy (non-hydrogen) atoms. The van der Waals surface area contributed by atoms with E-state index in [2.05, 4.69) is 11.0 Å². The van der Waals surface area contributed by atoms with Crippen molar-refractivity contribution in [3.63, 3.8) is 0 Å². The predicted octanol–water partition coefficient (Wildman–Crippen LogP) is 1.96. The van der Waals surface area contributed by atoms with E-state index in [4.69, 9.17) is 10.4 Å². The van der Waals surface area contributed by atoms with Crippen LogP contribution in [0.4, 0.5) is 0 Å². The average Bonchev–Trinajstić information content (AvgIpc) is 2.33. The summed E-state index contributed by atoms with van der Waals surface area (Å²) in [5.74, 6) is 0.333. The highest BCUT2D eigenvalue weighted by Gasteiger charge is 2.20. The monoisotopic (exact) mass is 256 g/mol. The second kappa shape index (κ2) is 8.37. The van der Waals surface area contributed by atoms with Crippen molar-refractivity contribution in [3.05, 3.63) is 0 Å². The molecule has 1 N–H and O–H groups in total. The van der Waals surface area contributed by atoms with Gasteiger partial charge in [-0.1, -0.05) is 0 Å². The highest BCUT2D eigenvalue weighted by molar-refractivity contribution is 7.99. The largest absolute Gasteiger partial charge is 0.481 e. The first-order valence-electron chi connectivity index (χ1n) is 6.15. The number of nitriles is 1. The molecule has 4 nitrogen and oxygen atoms in total. The average molecular weight is 256 g/mol. The fraction of sp³-hybridized carbons (Fsp3) is 0.833. The Hall–Kier alpha value is -0.730. The van der Waals surface area contributed by atoms with E-state index in [9.17, 15) is 4.79 Å². The summed E-state index contributed by atoms with van der Waals surface area (Å²) in [6.45, 7) is 2.71. The molecule has 1 heterocycles. The maximum Gasteiger partial charge on any atom is 0.304 e. The third-order valence-electron chi connectivity index (χ3n) is 2.89. The summed E-state index contributed by atoms with van der Waals surface area (Å²) >= 11 is 1.94. The summed E-state index contributed by atoms with van der Waals surface area (Å²) in [6, 6.07) is 2.16. The van der Waals surface area contributed by atoms with E-state index in [-0.39, 0.29) is 6.42 Å². The number of aliphatic carboxylic acids is 1. The third kappa shape index (κ3) is 6.54. The second-order valence-corrected chi connectivity index (χ2v) is 5.75. The summed E-state index contributed by atoms with van der Waals surface area (Å²) in [4.78, 5) is 12.8. The highest BCUT2D eigenvalue weighted by atomic mass is 32.2. The smallest absolute Gasteiger partial charge is 0.304 e. The van der Waals surface area contributed by atoms with Crippen LogP contribution in [0.25, 0.3) is 0 Å². The van der Waals surface area contributed by atoms with Crippen molar-refractivity contribution in [2.45, 2.75) is 37.4 Å². The van der Waals surface area contributed by atoms with Gasteiger partial charge in [-0.2, -0.15) is 17.0 Å². The van der Waals surface area contributed by atoms with Crippen LogP contribution in [0.15, 0.2) is 0 Å². The molecule has 0 bridgehead atoms. The molecule has 1 fully saturated rings. The van der Waals surface area contributed by atoms with Gasteiger partial charge in [0.15, 0.2) is 0 Å². The van der Waals surface area contributed by atoms with Crippen LogP contribution >= 0.6 is 11.8 Å². The molecule has 1 rings (SSSR count). The Balaban J connectivity index is 2.15. The van der Waals surface area contributed by atoms with E-state index in [1.807, 2.05) is 11.8 Å². The number of piperidine rings is 1. The Morgan fingerprint density at radius 2 is 2.41 bits per heavy atom. The van der Waals surface area contributed by atoms with E-state index in [1.54, 1.807) is 0 Å². The number of thioether (sulfide) groups is 1. The molecule has 0 saturated carbocycles. The lowest BCUT2D eigenvalue weighted by atomic mass is 10.1. The molecule has 1 unspecified atom stereocenters. The van der Waals surface area contributed by atoms with E-state index in [0.29, 0.717) is 18.2 Å². The zero-order chi connectivity index (χ0) is 12.5. The zero-order valence-electron chi connectivity index (χ0n) is 10.1. The van der Waals surface area contributed by atoms with Crippen LogP contribution in [0.3, 0.4) is 0 Å². The molecule has 0 spiro atoms. The number of hydrogen-bond donors (Lipinski definition) is 1. The van der Waals surface area contributed by atoms with Crippen molar-refractivity contribution < 1.29 is 9.90 Å². The van der Waals surface area contributed by atoms with Crippen molar-refractivity contribution >= 4 is 17.7 Å². The molecule has 96 valence electrons. The van der Waals surface area contributed by atoms with Gasteiger partial charge in [0.2, 0.25) is 0 Å². The molecule has 1 aliphatic rings. The minimum absolute atomic E-state index is 0.242. The molecular weight excluding hydrogens is 236 g/mol. The van der Waals surface area contributed by atoms with Gasteiger partial charge in [-0.3, -0.25) is 4.79 Å². The van der Waals surface area contributed by atoms with Crippen LogP contribution < -0.4 is 0 Å². The summed E-state index contributed by atoms with van der Waals surface area (Å²) in [6.07, 6.45) is 4.23. The first-order chi connectivity index (χ1) is 8.22. The van der Waals surface area contributed by atoms with Gasteiger partial charge in [-0.15, -0.1) is 0 Å². The lowest BCUT2D eigenvalue weighted by Crippen LogP contribution is -2.38. The molecule has 0 aromatic rings. The second-order valence-electron chi connectivity index (χ2n) is 4.34. The van der Waals surface area contributed by atoms with E-state index in [0.717, 1.165) is 31.7 Å². The Morgan fingerprint density at radius 1 is 1.59 bits per heavy atom. The zero-order valence-corrected chi connectivity index (χ0v) is 10.9. The first-order valence-corrected chi connectivity index (χ1v) is 7.20. The number of carboxylic acid groups (broad SMARTS) is 1. The normalized spacial score (nSPS) is 21.0. The number of rotatable bonds is 7. The van der Waals surface area contributed by atoms with E-state index in [1.165, 1.54) is 6.42 Å². The van der Waals surface area contributed by atoms with Crippen molar-refractivity contribution in [2.75, 3.05) is 25.4 Å². The molecule has 0 aromatic carbocycles. The molecule has 0 amide bonds. The molecule has 0 aromatic heterocycles. The minimum Gasteiger partial charge on any atom is -0.481 e. The Labute approximate surface area is 107 Å². The predicted molar refractivity (Wildman–Crippen MR) is 69.0 cm³/mol. The Kier molecular flexibility index (Phi) is 7.06. The standard InChI is InChI=1S/C12H20N2O2S/c13-6-1-2-9-17-11-4-3-7-14(10-11)8-5-12(15)16/h11H,1-5,7-10H2,(H,15,16). The maximum absolute atomic E-state index is 10.5. The van der Waals surface area contributed by atoms with Crippen molar-refractivity contribution in [1.82, 2.24) is 4.90 Å². The summed E-state index contributed by atoms with van der Waals surface area (Å²) in [5, 5.41) is 17.7. The lowest BCUT2D eigenvalue weighted by Gasteiger charge is -2.32. The summed E-state index contributed by atoms with van der Waals surface area (Å²) < 4.78 is 0. The number of hydrogen-bond acceptors (Lipinski definition) is 4. The SMILES string of the molecule is N#CCCCSC1CCCN(CCC(=O)O)C1. The van der Waals surface area contributed by atoms with Gasteiger partial charge in [0.25, 0.3) is 0 Å². The van der Waals surface area contributed by atoms with E-state index >= 15 is 0 Å². The van der Waals surface area contributed by atoms with Gasteiger partial charge in [0, 0.05) is 24.8 Å². The minimum atomic E-state index is -0.714. The van der Waals surface area contributed by atoms with Gasteiger partial charge in [-0.05, 0) is 31.6 Å². The first kappa shape index (κ1) is 14.3. The maximum atomic E-state index is 10.5. The number of unbranched alkanes of at least 4 members (excludes halogenated alkanes) is 1. The van der Waals surface area contributed by atoms with Gasteiger partial charge in [-0.25, -0.2) is 0 Å². The molecule has 0 radical (unpaired) electrons. The van der Waals surface area contributed by atoms with Gasteiger partial charge < -0.3 is 10.0 Å². The molecule has 1 saturated heterocycles. The van der Waals surface area contributed by atoms with Gasteiger partial charge in [0.1, 0.15) is 0 Å². The Bertz CT molecular complexity index is 278. The van der Waals surface area contributed by atoms with Crippen molar-refractivity contribution in [2.24, 2.45) is 0 Å².